The molecule has 0 radical (unpaired) electrons. The summed E-state index contributed by atoms with van der Waals surface area (Å²) in [5.74, 6) is -0.574. The number of ether oxygens (including phenoxy) is 1. The average molecular weight is 378 g/mol. The molecule has 1 aromatic rings. The molecule has 0 bridgehead atoms. The molecule has 0 aromatic heterocycles. The van der Waals surface area contributed by atoms with Crippen LogP contribution in [-0.2, 0) is 4.74 Å². The van der Waals surface area contributed by atoms with Gasteiger partial charge in [0.1, 0.15) is 11.4 Å². The Bertz CT molecular complexity index is 519. The summed E-state index contributed by atoms with van der Waals surface area (Å²) in [5.41, 5.74) is -0.617. The van der Waals surface area contributed by atoms with E-state index in [1.165, 1.54) is 12.1 Å². The van der Waals surface area contributed by atoms with Crippen molar-refractivity contribution in [1.82, 2.24) is 4.90 Å². The number of amides is 1. The minimum absolute atomic E-state index is 0.00980. The number of rotatable bonds is 5. The molecule has 0 aliphatic carbocycles. The van der Waals surface area contributed by atoms with Gasteiger partial charge in [-0.25, -0.2) is 9.18 Å². The van der Waals surface area contributed by atoms with Crippen molar-refractivity contribution in [3.05, 3.63) is 34.1 Å². The van der Waals surface area contributed by atoms with Crippen molar-refractivity contribution in [2.24, 2.45) is 0 Å². The van der Waals surface area contributed by atoms with E-state index in [4.69, 9.17) is 9.84 Å². The van der Waals surface area contributed by atoms with Crippen LogP contribution in [0.25, 0.3) is 0 Å². The lowest BCUT2D eigenvalue weighted by molar-refractivity contribution is 0.0106. The average Bonchev–Trinajstić information content (AvgIpc) is 2.35. The van der Waals surface area contributed by atoms with Gasteiger partial charge in [0.2, 0.25) is 0 Å². The lowest BCUT2D eigenvalue weighted by Gasteiger charge is -2.28. The maximum atomic E-state index is 13.8. The number of aliphatic hydroxyl groups excluding tert-OH is 2. The van der Waals surface area contributed by atoms with E-state index in [-0.39, 0.29) is 25.3 Å². The summed E-state index contributed by atoms with van der Waals surface area (Å²) in [6.07, 6.45) is -1.88. The molecule has 22 heavy (non-hydrogen) atoms. The topological polar surface area (TPSA) is 70.0 Å². The zero-order valence-electron chi connectivity index (χ0n) is 12.8. The Balaban J connectivity index is 2.83. The number of benzene rings is 1. The minimum Gasteiger partial charge on any atom is -0.444 e. The number of hydrogen-bond donors (Lipinski definition) is 2. The molecule has 0 unspecified atom stereocenters. The van der Waals surface area contributed by atoms with Crippen LogP contribution in [0.5, 0.6) is 0 Å². The maximum absolute atomic E-state index is 13.8. The first-order chi connectivity index (χ1) is 10.1. The molecule has 7 heteroatoms. The molecule has 0 aliphatic rings. The molecule has 2 N–H and O–H groups in total. The Hall–Kier alpha value is -1.18. The van der Waals surface area contributed by atoms with Crippen LogP contribution in [-0.4, -0.2) is 46.5 Å². The van der Waals surface area contributed by atoms with Crippen LogP contribution in [0.1, 0.15) is 32.4 Å². The summed E-state index contributed by atoms with van der Waals surface area (Å²) in [6, 6.07) is 4.28. The second-order valence-electron chi connectivity index (χ2n) is 5.83. The van der Waals surface area contributed by atoms with Crippen LogP contribution in [0.3, 0.4) is 0 Å². The van der Waals surface area contributed by atoms with Crippen LogP contribution < -0.4 is 0 Å². The number of halogens is 2. The number of carbonyl (C=O) groups is 1. The van der Waals surface area contributed by atoms with Gasteiger partial charge in [0.05, 0.1) is 19.3 Å². The molecule has 1 aromatic carbocycles. The summed E-state index contributed by atoms with van der Waals surface area (Å²) in [5, 5.41) is 19.2. The maximum Gasteiger partial charge on any atom is 0.410 e. The third kappa shape index (κ3) is 5.90. The number of carbonyl (C=O) groups excluding carboxylic acids is 1. The Kier molecular flexibility index (Phi) is 6.77. The fourth-order valence-corrected chi connectivity index (χ4v) is 2.12. The predicted octanol–water partition coefficient (Wildman–Crippen LogP) is 2.85. The smallest absolute Gasteiger partial charge is 0.410 e. The molecule has 124 valence electrons. The van der Waals surface area contributed by atoms with Gasteiger partial charge in [0.15, 0.2) is 0 Å². The summed E-state index contributed by atoms with van der Waals surface area (Å²) < 4.78 is 19.6. The standard InChI is InChI=1S/C15H21BrFNO4/c1-15(2,3)22-14(21)18(6-7-19)9-13(20)11-5-4-10(16)8-12(11)17/h4-5,8,13,19-20H,6-7,9H2,1-3H3/t13-/m1/s1. The Labute approximate surface area is 137 Å². The van der Waals surface area contributed by atoms with Crippen LogP contribution in [0.2, 0.25) is 0 Å². The lowest BCUT2D eigenvalue weighted by Crippen LogP contribution is -2.40. The summed E-state index contributed by atoms with van der Waals surface area (Å²) in [4.78, 5) is 13.2. The van der Waals surface area contributed by atoms with Gasteiger partial charge in [0.25, 0.3) is 0 Å². The van der Waals surface area contributed by atoms with E-state index in [9.17, 15) is 14.3 Å². The third-order valence-corrected chi connectivity index (χ3v) is 3.23. The number of hydrogen-bond acceptors (Lipinski definition) is 4. The fraction of sp³-hybridized carbons (Fsp3) is 0.533. The molecular weight excluding hydrogens is 357 g/mol. The fourth-order valence-electron chi connectivity index (χ4n) is 1.78. The van der Waals surface area contributed by atoms with E-state index in [1.54, 1.807) is 26.8 Å². The molecule has 0 aliphatic heterocycles. The number of aliphatic hydroxyl groups is 2. The van der Waals surface area contributed by atoms with E-state index >= 15 is 0 Å². The monoisotopic (exact) mass is 377 g/mol. The molecule has 0 saturated carbocycles. The minimum atomic E-state index is -1.22. The Morgan fingerprint density at radius 2 is 2.09 bits per heavy atom. The number of nitrogens with zero attached hydrogens (tertiary/aromatic N) is 1. The second-order valence-corrected chi connectivity index (χ2v) is 6.75. The molecule has 1 atom stereocenters. The molecule has 1 amide bonds. The molecule has 0 heterocycles. The molecule has 1 rings (SSSR count). The van der Waals surface area contributed by atoms with Crippen molar-refractivity contribution in [3.63, 3.8) is 0 Å². The van der Waals surface area contributed by atoms with Gasteiger partial charge in [-0.15, -0.1) is 0 Å². The lowest BCUT2D eigenvalue weighted by atomic mass is 10.1. The summed E-state index contributed by atoms with van der Waals surface area (Å²) >= 11 is 3.14. The van der Waals surface area contributed by atoms with E-state index in [0.29, 0.717) is 4.47 Å². The van der Waals surface area contributed by atoms with Gasteiger partial charge in [-0.3, -0.25) is 0 Å². The molecular formula is C15H21BrFNO4. The summed E-state index contributed by atoms with van der Waals surface area (Å²) in [6.45, 7) is 4.68. The van der Waals surface area contributed by atoms with Gasteiger partial charge in [-0.05, 0) is 32.9 Å². The quantitative estimate of drug-likeness (QED) is 0.827. The normalized spacial score (nSPS) is 12.9. The highest BCUT2D eigenvalue weighted by Crippen LogP contribution is 2.22. The SMILES string of the molecule is CC(C)(C)OC(=O)N(CCO)C[C@@H](O)c1ccc(Br)cc1F. The zero-order chi connectivity index (χ0) is 16.9. The van der Waals surface area contributed by atoms with Gasteiger partial charge >= 0.3 is 6.09 Å². The largest absolute Gasteiger partial charge is 0.444 e. The van der Waals surface area contributed by atoms with Crippen molar-refractivity contribution in [2.45, 2.75) is 32.5 Å². The van der Waals surface area contributed by atoms with E-state index in [1.807, 2.05) is 0 Å². The van der Waals surface area contributed by atoms with Crippen LogP contribution in [0.4, 0.5) is 9.18 Å². The molecule has 0 fully saturated rings. The highest BCUT2D eigenvalue weighted by Gasteiger charge is 2.25. The van der Waals surface area contributed by atoms with Crippen molar-refractivity contribution < 1.29 is 24.1 Å². The first kappa shape index (κ1) is 18.9. The van der Waals surface area contributed by atoms with E-state index in [2.05, 4.69) is 15.9 Å². The summed E-state index contributed by atoms with van der Waals surface area (Å²) in [7, 11) is 0. The first-order valence-electron chi connectivity index (χ1n) is 6.86. The highest BCUT2D eigenvalue weighted by molar-refractivity contribution is 9.10. The van der Waals surface area contributed by atoms with E-state index in [0.717, 1.165) is 4.90 Å². The Morgan fingerprint density at radius 3 is 2.59 bits per heavy atom. The zero-order valence-corrected chi connectivity index (χ0v) is 14.4. The van der Waals surface area contributed by atoms with Gasteiger partial charge in [0, 0.05) is 16.6 Å². The Morgan fingerprint density at radius 1 is 1.45 bits per heavy atom. The molecule has 0 saturated heterocycles. The predicted molar refractivity (Wildman–Crippen MR) is 84.0 cm³/mol. The van der Waals surface area contributed by atoms with Crippen molar-refractivity contribution in [1.29, 1.82) is 0 Å². The van der Waals surface area contributed by atoms with Crippen LogP contribution in [0.15, 0.2) is 22.7 Å². The van der Waals surface area contributed by atoms with Crippen LogP contribution in [0, 0.1) is 5.82 Å². The van der Waals surface area contributed by atoms with Crippen molar-refractivity contribution >= 4 is 22.0 Å². The first-order valence-corrected chi connectivity index (χ1v) is 7.65. The highest BCUT2D eigenvalue weighted by atomic mass is 79.9. The van der Waals surface area contributed by atoms with Gasteiger partial charge in [-0.2, -0.15) is 0 Å². The van der Waals surface area contributed by atoms with Crippen LogP contribution >= 0.6 is 15.9 Å². The molecule has 0 spiro atoms. The van der Waals surface area contributed by atoms with Gasteiger partial charge in [-0.1, -0.05) is 22.0 Å². The van der Waals surface area contributed by atoms with Crippen molar-refractivity contribution in [2.75, 3.05) is 19.7 Å². The second kappa shape index (κ2) is 7.89. The third-order valence-electron chi connectivity index (χ3n) is 2.74. The van der Waals surface area contributed by atoms with Gasteiger partial charge < -0.3 is 19.8 Å². The molecule has 5 nitrogen and oxygen atoms in total. The van der Waals surface area contributed by atoms with E-state index < -0.39 is 23.6 Å². The van der Waals surface area contributed by atoms with Crippen molar-refractivity contribution in [3.8, 4) is 0 Å².